The average Bonchev–Trinajstić information content (AvgIpc) is 3.04. The first-order valence-corrected chi connectivity index (χ1v) is 15.6. The first kappa shape index (κ1) is 34.5. The van der Waals surface area contributed by atoms with E-state index < -0.39 is 72.5 Å². The normalized spacial score (nSPS) is 27.0. The van der Waals surface area contributed by atoms with Gasteiger partial charge in [0.25, 0.3) is 5.91 Å². The summed E-state index contributed by atoms with van der Waals surface area (Å²) in [5, 5.41) is 19.8. The molecule has 0 saturated carbocycles. The van der Waals surface area contributed by atoms with Gasteiger partial charge >= 0.3 is 0 Å². The molecule has 3 heterocycles. The van der Waals surface area contributed by atoms with E-state index in [0.717, 1.165) is 5.56 Å². The van der Waals surface area contributed by atoms with Gasteiger partial charge in [0.15, 0.2) is 0 Å². The molecule has 13 heteroatoms. The molecule has 1 aromatic heterocycles. The minimum Gasteiger partial charge on any atom is -0.388 e. The Bertz CT molecular complexity index is 1380. The summed E-state index contributed by atoms with van der Waals surface area (Å²) in [7, 11) is 1.47. The number of nitrogens with one attached hydrogen (secondary N) is 3. The van der Waals surface area contributed by atoms with Crippen LogP contribution in [0.2, 0.25) is 0 Å². The number of benzene rings is 1. The van der Waals surface area contributed by atoms with Crippen molar-refractivity contribution < 1.29 is 33.8 Å². The van der Waals surface area contributed by atoms with Crippen LogP contribution in [0.15, 0.2) is 54.9 Å². The van der Waals surface area contributed by atoms with Crippen molar-refractivity contribution in [3.8, 4) is 0 Å². The molecule has 2 fully saturated rings. The fraction of sp³-hybridized carbons (Fsp3) is 0.515. The molecule has 2 aliphatic heterocycles. The molecule has 4 rings (SSSR count). The molecule has 2 aromatic rings. The number of fused-ring (bicyclic) bond motifs is 2. The monoisotopic (exact) mass is 636 g/mol. The van der Waals surface area contributed by atoms with Gasteiger partial charge in [-0.05, 0) is 43.4 Å². The van der Waals surface area contributed by atoms with E-state index in [1.807, 2.05) is 44.2 Å². The van der Waals surface area contributed by atoms with Crippen LogP contribution in [0, 0.1) is 5.92 Å². The summed E-state index contributed by atoms with van der Waals surface area (Å²) in [6.45, 7) is 4.95. The molecule has 0 radical (unpaired) electrons. The van der Waals surface area contributed by atoms with Gasteiger partial charge in [-0.25, -0.2) is 0 Å². The fourth-order valence-corrected chi connectivity index (χ4v) is 5.66. The SMILES string of the molecule is CC(C)C[C@H]1NC(=O)CN(C(=O)c2ccncc2)C[C@H]2OCC[C@H](NC(=O)[C@H](Cc3ccccc3)NC(=O)[C@H](C)N(C)C1=O)[C@@H]2O. The molecule has 0 spiro atoms. The molecule has 4 N–H and O–H groups in total. The van der Waals surface area contributed by atoms with Crippen molar-refractivity contribution in [1.82, 2.24) is 30.7 Å². The van der Waals surface area contributed by atoms with E-state index in [0.29, 0.717) is 6.42 Å². The Morgan fingerprint density at radius 1 is 1.00 bits per heavy atom. The highest BCUT2D eigenvalue weighted by atomic mass is 16.5. The van der Waals surface area contributed by atoms with Crippen molar-refractivity contribution in [2.75, 3.05) is 26.7 Å². The third-order valence-electron chi connectivity index (χ3n) is 8.39. The first-order valence-electron chi connectivity index (χ1n) is 15.6. The molecule has 13 nitrogen and oxygen atoms in total. The van der Waals surface area contributed by atoms with E-state index in [2.05, 4.69) is 20.9 Å². The Morgan fingerprint density at radius 3 is 2.37 bits per heavy atom. The van der Waals surface area contributed by atoms with E-state index in [-0.39, 0.29) is 37.5 Å². The molecular weight excluding hydrogens is 592 g/mol. The number of hydrogen-bond acceptors (Lipinski definition) is 8. The summed E-state index contributed by atoms with van der Waals surface area (Å²) >= 11 is 0. The summed E-state index contributed by atoms with van der Waals surface area (Å²) in [6, 6.07) is 8.50. The highest BCUT2D eigenvalue weighted by molar-refractivity contribution is 5.98. The zero-order chi connectivity index (χ0) is 33.4. The van der Waals surface area contributed by atoms with Crippen LogP contribution in [0.5, 0.6) is 0 Å². The number of carbonyl (C=O) groups is 5. The number of aliphatic hydroxyl groups excluding tert-OH is 1. The van der Waals surface area contributed by atoms with Crippen molar-refractivity contribution in [2.24, 2.45) is 5.92 Å². The second-order valence-electron chi connectivity index (χ2n) is 12.4. The van der Waals surface area contributed by atoms with Gasteiger partial charge in [-0.3, -0.25) is 29.0 Å². The van der Waals surface area contributed by atoms with Gasteiger partial charge in [0.2, 0.25) is 23.6 Å². The maximum atomic E-state index is 13.7. The predicted octanol–water partition coefficient (Wildman–Crippen LogP) is 0.277. The number of aliphatic hydroxyl groups is 1. The highest BCUT2D eigenvalue weighted by Crippen LogP contribution is 2.19. The summed E-state index contributed by atoms with van der Waals surface area (Å²) in [5.41, 5.74) is 1.09. The largest absolute Gasteiger partial charge is 0.388 e. The van der Waals surface area contributed by atoms with E-state index in [1.54, 1.807) is 6.92 Å². The maximum Gasteiger partial charge on any atom is 0.254 e. The number of nitrogens with zero attached hydrogens (tertiary/aromatic N) is 3. The number of rotatable bonds is 5. The van der Waals surface area contributed by atoms with Crippen LogP contribution in [0.1, 0.15) is 49.5 Å². The van der Waals surface area contributed by atoms with Crippen LogP contribution in [0.3, 0.4) is 0 Å². The molecule has 6 atom stereocenters. The standard InChI is InChI=1S/C33H44N6O7/c1-20(2)16-26-33(45)38(4)21(3)30(42)37-25(17-22-8-6-5-7-9-22)31(43)36-24-12-15-46-27(29(24)41)18-39(19-28(40)35-26)32(44)23-10-13-34-14-11-23/h5-11,13-14,20-21,24-27,29,41H,12,15-19H2,1-4H3,(H,35,40)(H,36,43)(H,37,42)/t21-,24-,25-,26+,27+,29-/m0/s1. The Balaban J connectivity index is 1.70. The molecule has 46 heavy (non-hydrogen) atoms. The van der Waals surface area contributed by atoms with Gasteiger partial charge in [0.05, 0.1) is 19.1 Å². The van der Waals surface area contributed by atoms with Crippen molar-refractivity contribution in [1.29, 1.82) is 0 Å². The molecular formula is C33H44N6O7. The molecule has 5 amide bonds. The number of pyridine rings is 1. The summed E-state index contributed by atoms with van der Waals surface area (Å²) in [5.74, 6) is -2.62. The van der Waals surface area contributed by atoms with Gasteiger partial charge in [0.1, 0.15) is 30.3 Å². The minimum absolute atomic E-state index is 0.0112. The van der Waals surface area contributed by atoms with Crippen LogP contribution >= 0.6 is 0 Å². The third kappa shape index (κ3) is 8.88. The third-order valence-corrected chi connectivity index (χ3v) is 8.39. The molecule has 2 bridgehead atoms. The summed E-state index contributed by atoms with van der Waals surface area (Å²) < 4.78 is 5.86. The van der Waals surface area contributed by atoms with E-state index in [4.69, 9.17) is 4.74 Å². The number of likely N-dealkylation sites (N-methyl/N-ethyl adjacent to an activating group) is 1. The van der Waals surface area contributed by atoms with Crippen LogP contribution < -0.4 is 16.0 Å². The minimum atomic E-state index is -1.22. The topological polar surface area (TPSA) is 170 Å². The number of hydrogen-bond donors (Lipinski definition) is 4. The molecule has 0 unspecified atom stereocenters. The lowest BCUT2D eigenvalue weighted by Gasteiger charge is -2.38. The lowest BCUT2D eigenvalue weighted by molar-refractivity contribution is -0.142. The quantitative estimate of drug-likeness (QED) is 0.363. The lowest BCUT2D eigenvalue weighted by atomic mass is 9.97. The van der Waals surface area contributed by atoms with Gasteiger partial charge in [-0.2, -0.15) is 0 Å². The average molecular weight is 637 g/mol. The van der Waals surface area contributed by atoms with Gasteiger partial charge in [-0.15, -0.1) is 0 Å². The number of amides is 5. The predicted molar refractivity (Wildman–Crippen MR) is 168 cm³/mol. The van der Waals surface area contributed by atoms with Crippen molar-refractivity contribution >= 4 is 29.5 Å². The van der Waals surface area contributed by atoms with Crippen LogP contribution in [-0.2, 0) is 30.3 Å². The zero-order valence-corrected chi connectivity index (χ0v) is 26.7. The lowest BCUT2D eigenvalue weighted by Crippen LogP contribution is -2.60. The first-order chi connectivity index (χ1) is 21.9. The smallest absolute Gasteiger partial charge is 0.254 e. The highest BCUT2D eigenvalue weighted by Gasteiger charge is 2.39. The van der Waals surface area contributed by atoms with Crippen molar-refractivity contribution in [2.45, 2.75) is 76.4 Å². The van der Waals surface area contributed by atoms with E-state index >= 15 is 0 Å². The Kier molecular flexibility index (Phi) is 11.8. The summed E-state index contributed by atoms with van der Waals surface area (Å²) in [4.78, 5) is 74.4. The number of aromatic nitrogens is 1. The van der Waals surface area contributed by atoms with Gasteiger partial charge < -0.3 is 35.6 Å². The zero-order valence-electron chi connectivity index (χ0n) is 26.7. The maximum absolute atomic E-state index is 13.7. The van der Waals surface area contributed by atoms with Crippen LogP contribution in [0.25, 0.3) is 0 Å². The number of carbonyl (C=O) groups excluding carboxylic acids is 5. The van der Waals surface area contributed by atoms with Crippen LogP contribution in [-0.4, -0.2) is 113 Å². The molecule has 248 valence electrons. The Hall–Kier alpha value is -4.36. The Labute approximate surface area is 269 Å². The molecule has 2 aliphatic rings. The molecule has 1 aromatic carbocycles. The van der Waals surface area contributed by atoms with Crippen molar-refractivity contribution in [3.63, 3.8) is 0 Å². The Morgan fingerprint density at radius 2 is 1.70 bits per heavy atom. The second kappa shape index (κ2) is 15.8. The fourth-order valence-electron chi connectivity index (χ4n) is 5.66. The van der Waals surface area contributed by atoms with E-state index in [9.17, 15) is 29.1 Å². The molecule has 0 aliphatic carbocycles. The second-order valence-corrected chi connectivity index (χ2v) is 12.4. The number of ether oxygens (including phenoxy) is 1. The van der Waals surface area contributed by atoms with Crippen molar-refractivity contribution in [3.05, 3.63) is 66.0 Å². The van der Waals surface area contributed by atoms with E-state index in [1.165, 1.54) is 41.4 Å². The van der Waals surface area contributed by atoms with Crippen LogP contribution in [0.4, 0.5) is 0 Å². The van der Waals surface area contributed by atoms with Gasteiger partial charge in [-0.1, -0.05) is 44.2 Å². The summed E-state index contributed by atoms with van der Waals surface area (Å²) in [6.07, 6.45) is 1.50. The van der Waals surface area contributed by atoms with Gasteiger partial charge in [0, 0.05) is 38.0 Å². The molecule has 2 saturated heterocycles.